The summed E-state index contributed by atoms with van der Waals surface area (Å²) in [6, 6.07) is 8.61. The van der Waals surface area contributed by atoms with Gasteiger partial charge in [0.1, 0.15) is 0 Å². The number of hydrogen-bond acceptors (Lipinski definition) is 3. The quantitative estimate of drug-likeness (QED) is 0.807. The van der Waals surface area contributed by atoms with E-state index in [1.54, 1.807) is 31.2 Å². The summed E-state index contributed by atoms with van der Waals surface area (Å²) >= 11 is 0. The van der Waals surface area contributed by atoms with E-state index in [0.717, 1.165) is 16.8 Å². The van der Waals surface area contributed by atoms with Crippen molar-refractivity contribution in [3.63, 3.8) is 0 Å². The number of aliphatic hydroxyl groups excluding tert-OH is 1. The molecule has 0 saturated carbocycles. The number of amides is 1. The van der Waals surface area contributed by atoms with Crippen molar-refractivity contribution in [2.24, 2.45) is 0 Å². The number of aromatic nitrogens is 1. The summed E-state index contributed by atoms with van der Waals surface area (Å²) in [7, 11) is 0. The third kappa shape index (κ3) is 3.62. The molecule has 2 aromatic rings. The molecule has 22 heavy (non-hydrogen) atoms. The third-order valence-electron chi connectivity index (χ3n) is 3.57. The molecule has 1 amide bonds. The third-order valence-corrected chi connectivity index (χ3v) is 3.57. The monoisotopic (exact) mass is 300 g/mol. The molecule has 0 saturated heterocycles. The summed E-state index contributed by atoms with van der Waals surface area (Å²) in [5.74, 6) is -0.253. The number of nitrogens with one attached hydrogen (secondary N) is 2. The number of aromatic amines is 1. The fourth-order valence-corrected chi connectivity index (χ4v) is 2.28. The highest BCUT2D eigenvalue weighted by Gasteiger charge is 2.10. The molecule has 116 valence electrons. The average Bonchev–Trinajstić information content (AvgIpc) is 2.46. The molecule has 0 radical (unpaired) electrons. The molecule has 0 aliphatic rings. The van der Waals surface area contributed by atoms with Gasteiger partial charge in [0.05, 0.1) is 6.10 Å². The number of aryl methyl sites for hydroxylation is 2. The molecule has 1 atom stereocenters. The predicted molar refractivity (Wildman–Crippen MR) is 84.8 cm³/mol. The Hall–Kier alpha value is -2.40. The summed E-state index contributed by atoms with van der Waals surface area (Å²) in [5.41, 5.74) is 3.27. The van der Waals surface area contributed by atoms with Crippen LogP contribution in [-0.4, -0.2) is 16.0 Å². The maximum absolute atomic E-state index is 12.1. The van der Waals surface area contributed by atoms with Crippen molar-refractivity contribution in [3.8, 4) is 0 Å². The zero-order valence-electron chi connectivity index (χ0n) is 12.9. The smallest absolute Gasteiger partial charge is 0.253 e. The Kier molecular flexibility index (Phi) is 4.78. The number of H-pyrrole nitrogens is 1. The van der Waals surface area contributed by atoms with Crippen molar-refractivity contribution >= 4 is 5.91 Å². The van der Waals surface area contributed by atoms with Crippen molar-refractivity contribution in [1.82, 2.24) is 10.3 Å². The van der Waals surface area contributed by atoms with Crippen LogP contribution in [0.15, 0.2) is 35.1 Å². The van der Waals surface area contributed by atoms with Crippen molar-refractivity contribution in [3.05, 3.63) is 68.6 Å². The highest BCUT2D eigenvalue weighted by atomic mass is 16.3. The van der Waals surface area contributed by atoms with Crippen LogP contribution in [-0.2, 0) is 6.54 Å². The van der Waals surface area contributed by atoms with E-state index >= 15 is 0 Å². The number of carbonyl (C=O) groups excluding carboxylic acids is 1. The van der Waals surface area contributed by atoms with Crippen molar-refractivity contribution in [1.29, 1.82) is 0 Å². The van der Waals surface area contributed by atoms with Crippen LogP contribution in [0.25, 0.3) is 0 Å². The fraction of sp³-hybridized carbons (Fsp3) is 0.294. The normalized spacial score (nSPS) is 12.0. The van der Waals surface area contributed by atoms with E-state index in [0.29, 0.717) is 11.1 Å². The van der Waals surface area contributed by atoms with Gasteiger partial charge in [-0.2, -0.15) is 0 Å². The Morgan fingerprint density at radius 3 is 2.45 bits per heavy atom. The Morgan fingerprint density at radius 2 is 1.91 bits per heavy atom. The molecule has 0 bridgehead atoms. The molecule has 0 fully saturated rings. The van der Waals surface area contributed by atoms with Gasteiger partial charge in [-0.1, -0.05) is 12.1 Å². The van der Waals surface area contributed by atoms with E-state index in [1.807, 2.05) is 19.9 Å². The van der Waals surface area contributed by atoms with Crippen LogP contribution in [0.1, 0.15) is 45.8 Å². The molecule has 5 nitrogen and oxygen atoms in total. The van der Waals surface area contributed by atoms with Gasteiger partial charge < -0.3 is 15.4 Å². The van der Waals surface area contributed by atoms with Crippen LogP contribution in [0, 0.1) is 13.8 Å². The van der Waals surface area contributed by atoms with E-state index in [-0.39, 0.29) is 18.0 Å². The molecule has 0 spiro atoms. The molecule has 1 unspecified atom stereocenters. The molecule has 0 aliphatic carbocycles. The van der Waals surface area contributed by atoms with Crippen LogP contribution in [0.3, 0.4) is 0 Å². The first-order chi connectivity index (χ1) is 10.4. The van der Waals surface area contributed by atoms with Crippen LogP contribution < -0.4 is 10.9 Å². The zero-order valence-corrected chi connectivity index (χ0v) is 12.9. The second-order valence-electron chi connectivity index (χ2n) is 5.42. The van der Waals surface area contributed by atoms with Crippen molar-refractivity contribution in [2.75, 3.05) is 0 Å². The van der Waals surface area contributed by atoms with E-state index < -0.39 is 6.10 Å². The summed E-state index contributed by atoms with van der Waals surface area (Å²) < 4.78 is 0. The first-order valence-corrected chi connectivity index (χ1v) is 7.14. The highest BCUT2D eigenvalue weighted by Crippen LogP contribution is 2.12. The van der Waals surface area contributed by atoms with Gasteiger partial charge in [-0.3, -0.25) is 9.59 Å². The van der Waals surface area contributed by atoms with Gasteiger partial charge in [0.15, 0.2) is 0 Å². The minimum absolute atomic E-state index is 0.178. The van der Waals surface area contributed by atoms with Gasteiger partial charge in [-0.15, -0.1) is 0 Å². The zero-order chi connectivity index (χ0) is 16.3. The van der Waals surface area contributed by atoms with Gasteiger partial charge in [-0.05, 0) is 50.1 Å². The summed E-state index contributed by atoms with van der Waals surface area (Å²) in [6.45, 7) is 5.52. The van der Waals surface area contributed by atoms with Gasteiger partial charge in [0.2, 0.25) is 0 Å². The number of aliphatic hydroxyl groups is 1. The van der Waals surface area contributed by atoms with Crippen molar-refractivity contribution in [2.45, 2.75) is 33.4 Å². The second kappa shape index (κ2) is 6.58. The standard InChI is InChI=1S/C17H20N2O3/c1-10-8-11(2)19-17(22)15(10)9-18-16(21)14-6-4-13(5-7-14)12(3)20/h4-8,12,20H,9H2,1-3H3,(H,18,21)(H,19,22). The Morgan fingerprint density at radius 1 is 1.27 bits per heavy atom. The number of hydrogen-bond donors (Lipinski definition) is 3. The molecule has 2 rings (SSSR count). The van der Waals surface area contributed by atoms with Crippen LogP contribution in [0.2, 0.25) is 0 Å². The van der Waals surface area contributed by atoms with Gasteiger partial charge in [-0.25, -0.2) is 0 Å². The number of rotatable bonds is 4. The molecular formula is C17H20N2O3. The van der Waals surface area contributed by atoms with Gasteiger partial charge in [0, 0.05) is 23.4 Å². The maximum Gasteiger partial charge on any atom is 0.253 e. The summed E-state index contributed by atoms with van der Waals surface area (Å²) in [4.78, 5) is 26.7. The Balaban J connectivity index is 2.09. The maximum atomic E-state index is 12.1. The Bertz CT molecular complexity index is 731. The number of pyridine rings is 1. The minimum Gasteiger partial charge on any atom is -0.389 e. The molecule has 5 heteroatoms. The lowest BCUT2D eigenvalue weighted by Gasteiger charge is -2.09. The molecule has 1 aromatic heterocycles. The van der Waals surface area contributed by atoms with Gasteiger partial charge in [0.25, 0.3) is 11.5 Å². The average molecular weight is 300 g/mol. The van der Waals surface area contributed by atoms with E-state index in [4.69, 9.17) is 0 Å². The minimum atomic E-state index is -0.564. The van der Waals surface area contributed by atoms with Gasteiger partial charge >= 0.3 is 0 Å². The number of carbonyl (C=O) groups is 1. The van der Waals surface area contributed by atoms with E-state index in [9.17, 15) is 14.7 Å². The lowest BCUT2D eigenvalue weighted by molar-refractivity contribution is 0.0950. The fourth-order valence-electron chi connectivity index (χ4n) is 2.28. The van der Waals surface area contributed by atoms with E-state index in [2.05, 4.69) is 10.3 Å². The molecular weight excluding hydrogens is 280 g/mol. The summed E-state index contributed by atoms with van der Waals surface area (Å²) in [5, 5.41) is 12.2. The summed E-state index contributed by atoms with van der Waals surface area (Å²) in [6.07, 6.45) is -0.564. The van der Waals surface area contributed by atoms with Crippen LogP contribution in [0.4, 0.5) is 0 Å². The second-order valence-corrected chi connectivity index (χ2v) is 5.42. The van der Waals surface area contributed by atoms with Crippen LogP contribution in [0.5, 0.6) is 0 Å². The first kappa shape index (κ1) is 16.0. The highest BCUT2D eigenvalue weighted by molar-refractivity contribution is 5.94. The first-order valence-electron chi connectivity index (χ1n) is 7.14. The van der Waals surface area contributed by atoms with E-state index in [1.165, 1.54) is 0 Å². The molecule has 3 N–H and O–H groups in total. The lowest BCUT2D eigenvalue weighted by atomic mass is 10.1. The SMILES string of the molecule is Cc1cc(C)c(CNC(=O)c2ccc(C(C)O)cc2)c(=O)[nH]1. The molecule has 1 aromatic carbocycles. The van der Waals surface area contributed by atoms with Crippen LogP contribution >= 0.6 is 0 Å². The molecule has 1 heterocycles. The topological polar surface area (TPSA) is 82.2 Å². The largest absolute Gasteiger partial charge is 0.389 e. The predicted octanol–water partition coefficient (Wildman–Crippen LogP) is 1.98. The lowest BCUT2D eigenvalue weighted by Crippen LogP contribution is -2.27. The Labute approximate surface area is 129 Å². The number of benzene rings is 1. The van der Waals surface area contributed by atoms with Crippen molar-refractivity contribution < 1.29 is 9.90 Å². The molecule has 0 aliphatic heterocycles.